The largest absolute Gasteiger partial charge is 0.329 e. The van der Waals surface area contributed by atoms with E-state index in [0.29, 0.717) is 16.4 Å². The van der Waals surface area contributed by atoms with Gasteiger partial charge in [-0.15, -0.1) is 0 Å². The fraction of sp³-hybridized carbons (Fsp3) is 0.143. The van der Waals surface area contributed by atoms with Crippen LogP contribution in [0.25, 0.3) is 6.08 Å². The molecule has 2 aromatic rings. The van der Waals surface area contributed by atoms with Gasteiger partial charge in [0.1, 0.15) is 0 Å². The average Bonchev–Trinajstić information content (AvgIpc) is 3.04. The summed E-state index contributed by atoms with van der Waals surface area (Å²) in [6.07, 6.45) is 3.05. The molecule has 0 aliphatic carbocycles. The maximum atomic E-state index is 12.0. The highest BCUT2D eigenvalue weighted by Crippen LogP contribution is 2.15. The number of urea groups is 1. The molecule has 9 heteroatoms. The van der Waals surface area contributed by atoms with Crippen molar-refractivity contribution in [3.05, 3.63) is 65.2 Å². The van der Waals surface area contributed by atoms with Gasteiger partial charge in [0.2, 0.25) is 17.7 Å². The van der Waals surface area contributed by atoms with E-state index in [1.54, 1.807) is 48.5 Å². The molecule has 0 radical (unpaired) electrons. The lowest BCUT2D eigenvalue weighted by molar-refractivity contribution is -0.125. The Kier molecular flexibility index (Phi) is 6.82. The Morgan fingerprint density at radius 2 is 1.77 bits per heavy atom. The first-order chi connectivity index (χ1) is 14.4. The summed E-state index contributed by atoms with van der Waals surface area (Å²) in [5.41, 5.74) is 1.90. The molecule has 3 rings (SSSR count). The maximum Gasteiger partial charge on any atom is 0.324 e. The Balaban J connectivity index is 1.47. The van der Waals surface area contributed by atoms with E-state index in [-0.39, 0.29) is 37.2 Å². The van der Waals surface area contributed by atoms with Gasteiger partial charge < -0.3 is 16.0 Å². The van der Waals surface area contributed by atoms with E-state index in [1.807, 2.05) is 6.07 Å². The molecule has 8 nitrogen and oxygen atoms in total. The fourth-order valence-electron chi connectivity index (χ4n) is 2.72. The van der Waals surface area contributed by atoms with Crippen molar-refractivity contribution in [2.45, 2.75) is 6.42 Å². The molecule has 0 spiro atoms. The molecule has 5 amide bonds. The lowest BCUT2D eigenvalue weighted by Crippen LogP contribution is -2.33. The number of carbonyl (C=O) groups is 4. The van der Waals surface area contributed by atoms with Crippen LogP contribution in [0.5, 0.6) is 0 Å². The molecule has 3 N–H and O–H groups in total. The van der Waals surface area contributed by atoms with Crippen molar-refractivity contribution in [1.29, 1.82) is 0 Å². The van der Waals surface area contributed by atoms with Crippen LogP contribution in [-0.4, -0.2) is 41.7 Å². The molecule has 1 heterocycles. The Morgan fingerprint density at radius 1 is 1.07 bits per heavy atom. The minimum absolute atomic E-state index is 0.00799. The summed E-state index contributed by atoms with van der Waals surface area (Å²) >= 11 is 5.91. The Hall–Kier alpha value is -3.65. The predicted molar refractivity (Wildman–Crippen MR) is 114 cm³/mol. The third kappa shape index (κ3) is 5.92. The van der Waals surface area contributed by atoms with E-state index in [0.717, 1.165) is 10.5 Å². The quantitative estimate of drug-likeness (QED) is 0.467. The second kappa shape index (κ2) is 9.71. The number of rotatable bonds is 7. The lowest BCUT2D eigenvalue weighted by atomic mass is 10.2. The van der Waals surface area contributed by atoms with Crippen molar-refractivity contribution < 1.29 is 19.2 Å². The monoisotopic (exact) mass is 426 g/mol. The van der Waals surface area contributed by atoms with Gasteiger partial charge in [0.05, 0.1) is 6.54 Å². The van der Waals surface area contributed by atoms with Gasteiger partial charge in [0.15, 0.2) is 0 Å². The van der Waals surface area contributed by atoms with Crippen LogP contribution in [0.2, 0.25) is 5.02 Å². The molecule has 1 aliphatic heterocycles. The van der Waals surface area contributed by atoms with Gasteiger partial charge in [-0.2, -0.15) is 0 Å². The summed E-state index contributed by atoms with van der Waals surface area (Å²) in [6.45, 7) is -0.0223. The van der Waals surface area contributed by atoms with E-state index in [2.05, 4.69) is 16.0 Å². The minimum Gasteiger partial charge on any atom is -0.329 e. The maximum absolute atomic E-state index is 12.0. The average molecular weight is 427 g/mol. The van der Waals surface area contributed by atoms with Gasteiger partial charge in [-0.3, -0.25) is 19.3 Å². The summed E-state index contributed by atoms with van der Waals surface area (Å²) in [7, 11) is 0. The smallest absolute Gasteiger partial charge is 0.324 e. The first-order valence-electron chi connectivity index (χ1n) is 9.13. The van der Waals surface area contributed by atoms with Crippen LogP contribution >= 0.6 is 11.6 Å². The first-order valence-corrected chi connectivity index (χ1v) is 9.51. The van der Waals surface area contributed by atoms with E-state index >= 15 is 0 Å². The Bertz CT molecular complexity index is 988. The highest BCUT2D eigenvalue weighted by molar-refractivity contribution is 6.30. The number of hydrogen-bond acceptors (Lipinski definition) is 4. The van der Waals surface area contributed by atoms with Crippen LogP contribution in [0.3, 0.4) is 0 Å². The molecule has 1 aliphatic rings. The Labute approximate surface area is 177 Å². The number of anilines is 2. The van der Waals surface area contributed by atoms with Gasteiger partial charge in [-0.1, -0.05) is 23.7 Å². The molecule has 154 valence electrons. The van der Waals surface area contributed by atoms with Crippen LogP contribution in [0.1, 0.15) is 12.0 Å². The number of nitrogens with zero attached hydrogens (tertiary/aromatic N) is 1. The molecule has 0 saturated carbocycles. The number of carbonyl (C=O) groups excluding carboxylic acids is 4. The summed E-state index contributed by atoms with van der Waals surface area (Å²) in [5, 5.41) is 8.38. The van der Waals surface area contributed by atoms with Gasteiger partial charge >= 0.3 is 6.03 Å². The number of nitrogens with one attached hydrogen (secondary N) is 3. The molecule has 0 aromatic heterocycles. The van der Waals surface area contributed by atoms with Crippen molar-refractivity contribution in [3.8, 4) is 0 Å². The molecule has 1 saturated heterocycles. The number of hydrogen-bond donors (Lipinski definition) is 3. The van der Waals surface area contributed by atoms with E-state index in [1.165, 1.54) is 6.08 Å². The second-order valence-electron chi connectivity index (χ2n) is 6.46. The topological polar surface area (TPSA) is 108 Å². The van der Waals surface area contributed by atoms with Crippen LogP contribution < -0.4 is 16.0 Å². The van der Waals surface area contributed by atoms with Crippen molar-refractivity contribution in [2.24, 2.45) is 0 Å². The standard InChI is InChI=1S/C21H19ClN4O4/c22-15-3-1-2-14(12-15)4-9-18(27)24-16-5-7-17(8-6-16)25-19(28)10-11-26-20(29)13-23-21(26)30/h1-9,12H,10-11,13H2,(H,23,30)(H,24,27)(H,25,28). The third-order valence-electron chi connectivity index (χ3n) is 4.21. The van der Waals surface area contributed by atoms with Crippen molar-refractivity contribution in [3.63, 3.8) is 0 Å². The molecule has 0 bridgehead atoms. The van der Waals surface area contributed by atoms with Gasteiger partial charge in [0, 0.05) is 35.4 Å². The van der Waals surface area contributed by atoms with Crippen molar-refractivity contribution in [1.82, 2.24) is 10.2 Å². The van der Waals surface area contributed by atoms with E-state index < -0.39 is 6.03 Å². The summed E-state index contributed by atoms with van der Waals surface area (Å²) in [5.74, 6) is -0.985. The number of halogens is 1. The van der Waals surface area contributed by atoms with Crippen LogP contribution in [0.4, 0.5) is 16.2 Å². The second-order valence-corrected chi connectivity index (χ2v) is 6.89. The zero-order chi connectivity index (χ0) is 21.5. The van der Waals surface area contributed by atoms with Gasteiger partial charge in [0.25, 0.3) is 0 Å². The van der Waals surface area contributed by atoms with E-state index in [9.17, 15) is 19.2 Å². The number of amides is 5. The van der Waals surface area contributed by atoms with Crippen LogP contribution in [0, 0.1) is 0 Å². The first kappa shape index (κ1) is 21.1. The van der Waals surface area contributed by atoms with Crippen molar-refractivity contribution in [2.75, 3.05) is 23.7 Å². The predicted octanol–water partition coefficient (Wildman–Crippen LogP) is 2.87. The molecule has 1 fully saturated rings. The van der Waals surface area contributed by atoms with Crippen LogP contribution in [0.15, 0.2) is 54.6 Å². The SMILES string of the molecule is O=C(C=Cc1cccc(Cl)c1)Nc1ccc(NC(=O)CCN2C(=O)CNC2=O)cc1. The molecular formula is C21H19ClN4O4. The fourth-order valence-corrected chi connectivity index (χ4v) is 2.92. The van der Waals surface area contributed by atoms with Crippen LogP contribution in [-0.2, 0) is 14.4 Å². The highest BCUT2D eigenvalue weighted by atomic mass is 35.5. The summed E-state index contributed by atoms with van der Waals surface area (Å²) in [6, 6.07) is 13.2. The Morgan fingerprint density at radius 3 is 2.40 bits per heavy atom. The van der Waals surface area contributed by atoms with Gasteiger partial charge in [-0.25, -0.2) is 4.79 Å². The molecular weight excluding hydrogens is 408 g/mol. The number of benzene rings is 2. The normalized spacial score (nSPS) is 13.4. The molecule has 0 atom stereocenters. The zero-order valence-electron chi connectivity index (χ0n) is 15.9. The molecule has 0 unspecified atom stereocenters. The minimum atomic E-state index is -0.489. The highest BCUT2D eigenvalue weighted by Gasteiger charge is 2.28. The van der Waals surface area contributed by atoms with Crippen molar-refractivity contribution >= 4 is 52.8 Å². The molecule has 30 heavy (non-hydrogen) atoms. The summed E-state index contributed by atoms with van der Waals surface area (Å²) < 4.78 is 0. The van der Waals surface area contributed by atoms with E-state index in [4.69, 9.17) is 11.6 Å². The lowest BCUT2D eigenvalue weighted by Gasteiger charge is -2.12. The zero-order valence-corrected chi connectivity index (χ0v) is 16.6. The third-order valence-corrected chi connectivity index (χ3v) is 4.45. The summed E-state index contributed by atoms with van der Waals surface area (Å²) in [4.78, 5) is 48.0. The molecule has 2 aromatic carbocycles. The number of imide groups is 1. The van der Waals surface area contributed by atoms with Gasteiger partial charge in [-0.05, 0) is 48.0 Å².